The number of halogens is 1. The number of Topliss-reactive ketones (excluding diaryl/α,β-unsaturated/α-hetero) is 1. The van der Waals surface area contributed by atoms with Crippen LogP contribution >= 0.6 is 11.6 Å². The zero-order chi connectivity index (χ0) is 12.5. The van der Waals surface area contributed by atoms with E-state index in [0.717, 1.165) is 19.3 Å². The number of hydrogen-bond acceptors (Lipinski definition) is 3. The van der Waals surface area contributed by atoms with Gasteiger partial charge in [-0.25, -0.2) is 0 Å². The van der Waals surface area contributed by atoms with Crippen molar-refractivity contribution >= 4 is 17.4 Å². The van der Waals surface area contributed by atoms with Gasteiger partial charge in [-0.3, -0.25) is 9.48 Å². The molecule has 0 spiro atoms. The standard InChI is InChI=1S/C12H17ClN2O2/c1-3-15-10(9(13)8-14-15)11(16)12(2)6-4-5-7-17-12/h8H,3-7H2,1-2H3. The molecule has 17 heavy (non-hydrogen) atoms. The summed E-state index contributed by atoms with van der Waals surface area (Å²) in [6.07, 6.45) is 4.30. The van der Waals surface area contributed by atoms with Crippen molar-refractivity contribution in [1.29, 1.82) is 0 Å². The van der Waals surface area contributed by atoms with Gasteiger partial charge in [-0.2, -0.15) is 5.10 Å². The van der Waals surface area contributed by atoms with Crippen molar-refractivity contribution in [1.82, 2.24) is 9.78 Å². The third-order valence-electron chi connectivity index (χ3n) is 3.26. The number of rotatable bonds is 3. The van der Waals surface area contributed by atoms with Gasteiger partial charge in [0.1, 0.15) is 11.3 Å². The van der Waals surface area contributed by atoms with E-state index in [1.54, 1.807) is 4.68 Å². The lowest BCUT2D eigenvalue weighted by Gasteiger charge is -2.32. The van der Waals surface area contributed by atoms with Gasteiger partial charge < -0.3 is 4.74 Å². The molecule has 0 N–H and O–H groups in total. The van der Waals surface area contributed by atoms with E-state index in [1.807, 2.05) is 13.8 Å². The van der Waals surface area contributed by atoms with Crippen LogP contribution in [0.1, 0.15) is 43.6 Å². The maximum absolute atomic E-state index is 12.5. The highest BCUT2D eigenvalue weighted by molar-refractivity contribution is 6.34. The second kappa shape index (κ2) is 4.78. The van der Waals surface area contributed by atoms with Gasteiger partial charge in [0.2, 0.25) is 5.78 Å². The molecule has 4 nitrogen and oxygen atoms in total. The van der Waals surface area contributed by atoms with Crippen LogP contribution in [0.2, 0.25) is 5.02 Å². The number of carbonyl (C=O) groups excluding carboxylic acids is 1. The fourth-order valence-corrected chi connectivity index (χ4v) is 2.42. The predicted octanol–water partition coefficient (Wildman–Crippen LogP) is 2.70. The number of carbonyl (C=O) groups is 1. The van der Waals surface area contributed by atoms with E-state index < -0.39 is 5.60 Å². The molecule has 1 aliphatic heterocycles. The Morgan fingerprint density at radius 2 is 2.41 bits per heavy atom. The molecule has 0 bridgehead atoms. The Bertz CT molecular complexity index is 422. The Morgan fingerprint density at radius 3 is 3.00 bits per heavy atom. The van der Waals surface area contributed by atoms with Crippen LogP contribution in [0, 0.1) is 0 Å². The highest BCUT2D eigenvalue weighted by Gasteiger charge is 2.39. The third-order valence-corrected chi connectivity index (χ3v) is 3.54. The van der Waals surface area contributed by atoms with E-state index in [2.05, 4.69) is 5.10 Å². The van der Waals surface area contributed by atoms with Gasteiger partial charge in [0.05, 0.1) is 11.2 Å². The van der Waals surface area contributed by atoms with Crippen LogP contribution in [0.15, 0.2) is 6.20 Å². The number of ketones is 1. The first-order chi connectivity index (χ1) is 8.08. The Balaban J connectivity index is 2.32. The monoisotopic (exact) mass is 256 g/mol. The topological polar surface area (TPSA) is 44.1 Å². The molecule has 2 rings (SSSR count). The lowest BCUT2D eigenvalue weighted by molar-refractivity contribution is -0.0431. The molecule has 0 aliphatic carbocycles. The van der Waals surface area contributed by atoms with Crippen molar-refractivity contribution in [2.24, 2.45) is 0 Å². The minimum Gasteiger partial charge on any atom is -0.367 e. The molecular weight excluding hydrogens is 240 g/mol. The van der Waals surface area contributed by atoms with Crippen molar-refractivity contribution in [3.8, 4) is 0 Å². The molecule has 0 aromatic carbocycles. The van der Waals surface area contributed by atoms with Crippen molar-refractivity contribution in [3.63, 3.8) is 0 Å². The molecule has 1 atom stereocenters. The molecule has 94 valence electrons. The summed E-state index contributed by atoms with van der Waals surface area (Å²) >= 11 is 6.04. The molecule has 1 saturated heterocycles. The van der Waals surface area contributed by atoms with Gasteiger partial charge in [0, 0.05) is 13.2 Å². The highest BCUT2D eigenvalue weighted by Crippen LogP contribution is 2.30. The maximum Gasteiger partial charge on any atom is 0.213 e. The Labute approximate surface area is 106 Å². The average Bonchev–Trinajstić information content (AvgIpc) is 2.70. The zero-order valence-electron chi connectivity index (χ0n) is 10.2. The number of nitrogens with zero attached hydrogens (tertiary/aromatic N) is 2. The molecular formula is C12H17ClN2O2. The summed E-state index contributed by atoms with van der Waals surface area (Å²) in [6.45, 7) is 5.05. The van der Waals surface area contributed by atoms with Gasteiger partial charge in [-0.1, -0.05) is 11.6 Å². The summed E-state index contributed by atoms with van der Waals surface area (Å²) in [6, 6.07) is 0. The first kappa shape index (κ1) is 12.6. The molecule has 1 unspecified atom stereocenters. The maximum atomic E-state index is 12.5. The number of ether oxygens (including phenoxy) is 1. The van der Waals surface area contributed by atoms with Gasteiger partial charge in [0.15, 0.2) is 0 Å². The van der Waals surface area contributed by atoms with Crippen LogP contribution in [0.5, 0.6) is 0 Å². The third kappa shape index (κ3) is 2.24. The van der Waals surface area contributed by atoms with Crippen LogP contribution in [0.3, 0.4) is 0 Å². The molecule has 1 aromatic heterocycles. The predicted molar refractivity (Wildman–Crippen MR) is 65.4 cm³/mol. The summed E-state index contributed by atoms with van der Waals surface area (Å²) in [5.74, 6) is -0.0541. The van der Waals surface area contributed by atoms with Crippen molar-refractivity contribution in [3.05, 3.63) is 16.9 Å². The normalized spacial score (nSPS) is 24.9. The van der Waals surface area contributed by atoms with Crippen LogP contribution in [-0.2, 0) is 11.3 Å². The first-order valence-electron chi connectivity index (χ1n) is 5.98. The fourth-order valence-electron chi connectivity index (χ4n) is 2.19. The summed E-state index contributed by atoms with van der Waals surface area (Å²) in [5.41, 5.74) is -0.270. The van der Waals surface area contributed by atoms with Gasteiger partial charge >= 0.3 is 0 Å². The van der Waals surface area contributed by atoms with Crippen LogP contribution in [-0.4, -0.2) is 27.8 Å². The number of aryl methyl sites for hydroxylation is 1. The molecule has 0 saturated carbocycles. The molecule has 1 aromatic rings. The molecule has 0 radical (unpaired) electrons. The summed E-state index contributed by atoms with van der Waals surface area (Å²) < 4.78 is 7.29. The fraction of sp³-hybridized carbons (Fsp3) is 0.667. The molecule has 5 heteroatoms. The zero-order valence-corrected chi connectivity index (χ0v) is 11.0. The van der Waals surface area contributed by atoms with E-state index in [4.69, 9.17) is 16.3 Å². The Hall–Kier alpha value is -0.870. The van der Waals surface area contributed by atoms with Crippen LogP contribution in [0.4, 0.5) is 0 Å². The second-order valence-electron chi connectivity index (χ2n) is 4.52. The average molecular weight is 257 g/mol. The highest BCUT2D eigenvalue weighted by atomic mass is 35.5. The largest absolute Gasteiger partial charge is 0.367 e. The SMILES string of the molecule is CCn1ncc(Cl)c1C(=O)C1(C)CCCCO1. The smallest absolute Gasteiger partial charge is 0.213 e. The molecule has 0 amide bonds. The van der Waals surface area contributed by atoms with E-state index in [0.29, 0.717) is 23.9 Å². The second-order valence-corrected chi connectivity index (χ2v) is 4.93. The van der Waals surface area contributed by atoms with Crippen molar-refractivity contribution in [2.45, 2.75) is 45.3 Å². The lowest BCUT2D eigenvalue weighted by atomic mass is 9.90. The van der Waals surface area contributed by atoms with E-state index in [1.165, 1.54) is 6.20 Å². The van der Waals surface area contributed by atoms with Crippen LogP contribution < -0.4 is 0 Å². The number of aromatic nitrogens is 2. The molecule has 1 aliphatic rings. The van der Waals surface area contributed by atoms with Gasteiger partial charge in [-0.15, -0.1) is 0 Å². The first-order valence-corrected chi connectivity index (χ1v) is 6.36. The lowest BCUT2D eigenvalue weighted by Crippen LogP contribution is -2.42. The van der Waals surface area contributed by atoms with Gasteiger partial charge in [-0.05, 0) is 33.1 Å². The summed E-state index contributed by atoms with van der Waals surface area (Å²) in [5, 5.41) is 4.50. The minimum absolute atomic E-state index is 0.0541. The molecule has 1 fully saturated rings. The van der Waals surface area contributed by atoms with Gasteiger partial charge in [0.25, 0.3) is 0 Å². The van der Waals surface area contributed by atoms with E-state index in [-0.39, 0.29) is 5.78 Å². The Morgan fingerprint density at radius 1 is 1.65 bits per heavy atom. The Kier molecular flexibility index (Phi) is 3.54. The number of hydrogen-bond donors (Lipinski definition) is 0. The minimum atomic E-state index is -0.741. The van der Waals surface area contributed by atoms with Crippen LogP contribution in [0.25, 0.3) is 0 Å². The van der Waals surface area contributed by atoms with Crippen molar-refractivity contribution < 1.29 is 9.53 Å². The summed E-state index contributed by atoms with van der Waals surface area (Å²) in [4.78, 5) is 12.5. The molecule has 2 heterocycles. The summed E-state index contributed by atoms with van der Waals surface area (Å²) in [7, 11) is 0. The van der Waals surface area contributed by atoms with Crippen molar-refractivity contribution in [2.75, 3.05) is 6.61 Å². The van der Waals surface area contributed by atoms with E-state index in [9.17, 15) is 4.79 Å². The van der Waals surface area contributed by atoms with E-state index >= 15 is 0 Å². The quantitative estimate of drug-likeness (QED) is 0.781.